The Hall–Kier alpha value is -0.830. The van der Waals surface area contributed by atoms with Gasteiger partial charge in [-0.1, -0.05) is 19.4 Å². The number of rotatable bonds is 3. The number of piperazine rings is 1. The van der Waals surface area contributed by atoms with Gasteiger partial charge in [0.05, 0.1) is 0 Å². The zero-order chi connectivity index (χ0) is 11.3. The van der Waals surface area contributed by atoms with E-state index in [9.17, 15) is 0 Å². The molecule has 0 amide bonds. The van der Waals surface area contributed by atoms with Crippen molar-refractivity contribution in [3.63, 3.8) is 0 Å². The normalized spacial score (nSPS) is 18.4. The van der Waals surface area contributed by atoms with Crippen LogP contribution in [-0.2, 0) is 0 Å². The molecule has 0 aromatic heterocycles. The SMILES string of the molecule is C/C(=C\C(=N)N1CCNCC1)CC(C)C. The fraction of sp³-hybridized carbons (Fsp3) is 0.750. The molecule has 0 saturated carbocycles. The molecule has 0 aliphatic carbocycles. The van der Waals surface area contributed by atoms with E-state index in [1.165, 1.54) is 5.57 Å². The van der Waals surface area contributed by atoms with Crippen molar-refractivity contribution in [1.29, 1.82) is 5.41 Å². The molecule has 0 bridgehead atoms. The Morgan fingerprint density at radius 2 is 2.00 bits per heavy atom. The molecule has 1 heterocycles. The number of nitrogens with one attached hydrogen (secondary N) is 2. The van der Waals surface area contributed by atoms with Crippen LogP contribution in [0, 0.1) is 11.3 Å². The van der Waals surface area contributed by atoms with Crippen molar-refractivity contribution < 1.29 is 0 Å². The van der Waals surface area contributed by atoms with E-state index in [2.05, 4.69) is 31.0 Å². The summed E-state index contributed by atoms with van der Waals surface area (Å²) in [6, 6.07) is 0. The fourth-order valence-corrected chi connectivity index (χ4v) is 1.93. The monoisotopic (exact) mass is 209 g/mol. The molecule has 0 unspecified atom stereocenters. The first-order valence-corrected chi connectivity index (χ1v) is 5.81. The molecule has 1 saturated heterocycles. The molecule has 0 spiro atoms. The van der Waals surface area contributed by atoms with Crippen LogP contribution < -0.4 is 5.32 Å². The van der Waals surface area contributed by atoms with Crippen molar-refractivity contribution in [3.05, 3.63) is 11.6 Å². The maximum atomic E-state index is 7.98. The maximum absolute atomic E-state index is 7.98. The lowest BCUT2D eigenvalue weighted by molar-refractivity contribution is 0.357. The van der Waals surface area contributed by atoms with Crippen molar-refractivity contribution in [2.75, 3.05) is 26.2 Å². The van der Waals surface area contributed by atoms with Gasteiger partial charge in [-0.3, -0.25) is 5.41 Å². The number of allylic oxidation sites excluding steroid dienone is 1. The molecule has 2 N–H and O–H groups in total. The van der Waals surface area contributed by atoms with E-state index < -0.39 is 0 Å². The van der Waals surface area contributed by atoms with Crippen molar-refractivity contribution in [2.24, 2.45) is 5.92 Å². The lowest BCUT2D eigenvalue weighted by Crippen LogP contribution is -2.45. The minimum absolute atomic E-state index is 0.676. The second kappa shape index (κ2) is 5.91. The van der Waals surface area contributed by atoms with Crippen LogP contribution in [0.2, 0.25) is 0 Å². The standard InChI is InChI=1S/C12H23N3/c1-10(2)8-11(3)9-12(13)15-6-4-14-5-7-15/h9-10,13-14H,4-8H2,1-3H3/b11-9+,13-12?. The van der Waals surface area contributed by atoms with Crippen LogP contribution in [-0.4, -0.2) is 36.9 Å². The highest BCUT2D eigenvalue weighted by Gasteiger charge is 2.11. The van der Waals surface area contributed by atoms with Gasteiger partial charge in [-0.25, -0.2) is 0 Å². The average Bonchev–Trinajstić information content (AvgIpc) is 2.17. The van der Waals surface area contributed by atoms with Crippen molar-refractivity contribution in [3.8, 4) is 0 Å². The number of amidine groups is 1. The number of hydrogen-bond acceptors (Lipinski definition) is 2. The molecule has 1 rings (SSSR count). The van der Waals surface area contributed by atoms with Crippen LogP contribution >= 0.6 is 0 Å². The first kappa shape index (κ1) is 12.2. The van der Waals surface area contributed by atoms with Crippen LogP contribution in [0.15, 0.2) is 11.6 Å². The highest BCUT2D eigenvalue weighted by molar-refractivity contribution is 5.90. The molecule has 86 valence electrons. The molecule has 1 aliphatic heterocycles. The molecule has 3 heteroatoms. The number of hydrogen-bond donors (Lipinski definition) is 2. The zero-order valence-corrected chi connectivity index (χ0v) is 10.1. The summed E-state index contributed by atoms with van der Waals surface area (Å²) in [5.41, 5.74) is 1.31. The average molecular weight is 209 g/mol. The van der Waals surface area contributed by atoms with Crippen molar-refractivity contribution in [1.82, 2.24) is 10.2 Å². The zero-order valence-electron chi connectivity index (χ0n) is 10.1. The third-order valence-corrected chi connectivity index (χ3v) is 2.57. The summed E-state index contributed by atoms with van der Waals surface area (Å²) in [5, 5.41) is 11.3. The summed E-state index contributed by atoms with van der Waals surface area (Å²) < 4.78 is 0. The lowest BCUT2D eigenvalue weighted by atomic mass is 10.0. The summed E-state index contributed by atoms with van der Waals surface area (Å²) in [4.78, 5) is 2.14. The van der Waals surface area contributed by atoms with Crippen LogP contribution in [0.4, 0.5) is 0 Å². The molecule has 1 fully saturated rings. The van der Waals surface area contributed by atoms with Crippen LogP contribution in [0.5, 0.6) is 0 Å². The molecule has 3 nitrogen and oxygen atoms in total. The van der Waals surface area contributed by atoms with Gasteiger partial charge in [0, 0.05) is 26.2 Å². The fourth-order valence-electron chi connectivity index (χ4n) is 1.93. The second-order valence-electron chi connectivity index (χ2n) is 4.71. The predicted octanol–water partition coefficient (Wildman–Crippen LogP) is 1.86. The van der Waals surface area contributed by atoms with E-state index in [4.69, 9.17) is 5.41 Å². The molecule has 1 aliphatic rings. The van der Waals surface area contributed by atoms with Gasteiger partial charge in [0.15, 0.2) is 0 Å². The molecule has 0 aromatic carbocycles. The molecule has 0 atom stereocenters. The summed E-state index contributed by atoms with van der Waals surface area (Å²) in [7, 11) is 0. The minimum atomic E-state index is 0.676. The van der Waals surface area contributed by atoms with E-state index >= 15 is 0 Å². The summed E-state index contributed by atoms with van der Waals surface area (Å²) in [6.45, 7) is 10.5. The van der Waals surface area contributed by atoms with Gasteiger partial charge >= 0.3 is 0 Å². The third-order valence-electron chi connectivity index (χ3n) is 2.57. The van der Waals surface area contributed by atoms with Gasteiger partial charge < -0.3 is 10.2 Å². The van der Waals surface area contributed by atoms with Crippen LogP contribution in [0.1, 0.15) is 27.2 Å². The Kier molecular flexibility index (Phi) is 4.82. The summed E-state index contributed by atoms with van der Waals surface area (Å²) >= 11 is 0. The quantitative estimate of drug-likeness (QED) is 0.550. The Bertz CT molecular complexity index is 237. The Morgan fingerprint density at radius 3 is 2.53 bits per heavy atom. The Labute approximate surface area is 93.1 Å². The van der Waals surface area contributed by atoms with Gasteiger partial charge in [0.2, 0.25) is 0 Å². The smallest absolute Gasteiger partial charge is 0.120 e. The van der Waals surface area contributed by atoms with E-state index in [0.29, 0.717) is 11.8 Å². The highest BCUT2D eigenvalue weighted by atomic mass is 15.2. The van der Waals surface area contributed by atoms with Gasteiger partial charge in [-0.2, -0.15) is 0 Å². The molecular weight excluding hydrogens is 186 g/mol. The lowest BCUT2D eigenvalue weighted by Gasteiger charge is -2.28. The van der Waals surface area contributed by atoms with Gasteiger partial charge in [-0.05, 0) is 25.3 Å². The largest absolute Gasteiger partial charge is 0.355 e. The van der Waals surface area contributed by atoms with E-state index in [-0.39, 0.29) is 0 Å². The Morgan fingerprint density at radius 1 is 1.40 bits per heavy atom. The van der Waals surface area contributed by atoms with Gasteiger partial charge in [-0.15, -0.1) is 0 Å². The summed E-state index contributed by atoms with van der Waals surface area (Å²) in [5.74, 6) is 1.35. The van der Waals surface area contributed by atoms with Gasteiger partial charge in [0.1, 0.15) is 5.84 Å². The minimum Gasteiger partial charge on any atom is -0.355 e. The van der Waals surface area contributed by atoms with Gasteiger partial charge in [0.25, 0.3) is 0 Å². The highest BCUT2D eigenvalue weighted by Crippen LogP contribution is 2.10. The summed E-state index contributed by atoms with van der Waals surface area (Å²) in [6.07, 6.45) is 3.11. The maximum Gasteiger partial charge on any atom is 0.120 e. The van der Waals surface area contributed by atoms with E-state index in [0.717, 1.165) is 32.6 Å². The molecular formula is C12H23N3. The number of nitrogens with zero attached hydrogens (tertiary/aromatic N) is 1. The topological polar surface area (TPSA) is 39.1 Å². The van der Waals surface area contributed by atoms with E-state index in [1.807, 2.05) is 6.08 Å². The molecule has 15 heavy (non-hydrogen) atoms. The first-order valence-electron chi connectivity index (χ1n) is 5.81. The molecule has 0 aromatic rings. The van der Waals surface area contributed by atoms with Crippen molar-refractivity contribution in [2.45, 2.75) is 27.2 Å². The third kappa shape index (κ3) is 4.47. The second-order valence-corrected chi connectivity index (χ2v) is 4.71. The van der Waals surface area contributed by atoms with E-state index in [1.54, 1.807) is 0 Å². The van der Waals surface area contributed by atoms with Crippen LogP contribution in [0.3, 0.4) is 0 Å². The first-order chi connectivity index (χ1) is 7.09. The Balaban J connectivity index is 2.45. The molecule has 0 radical (unpaired) electrons. The van der Waals surface area contributed by atoms with Crippen molar-refractivity contribution >= 4 is 5.84 Å². The predicted molar refractivity (Wildman–Crippen MR) is 65.4 cm³/mol. The van der Waals surface area contributed by atoms with Crippen LogP contribution in [0.25, 0.3) is 0 Å².